The van der Waals surface area contributed by atoms with Crippen LogP contribution in [0.2, 0.25) is 0 Å². The molecule has 0 radical (unpaired) electrons. The lowest BCUT2D eigenvalue weighted by Gasteiger charge is -2.36. The zero-order chi connectivity index (χ0) is 9.90. The Morgan fingerprint density at radius 2 is 1.85 bits per heavy atom. The average molecular weight is 186 g/mol. The molecule has 1 saturated carbocycles. The minimum absolute atomic E-state index is 0.143. The molecule has 0 N–H and O–H groups in total. The first kappa shape index (κ1) is 10.7. The second-order valence-corrected chi connectivity index (χ2v) is 3.69. The number of hydrogen-bond donors (Lipinski definition) is 0. The van der Waals surface area contributed by atoms with Gasteiger partial charge in [0.1, 0.15) is 5.60 Å². The number of hydrogen-bond acceptors (Lipinski definition) is 3. The maximum atomic E-state index is 11.4. The summed E-state index contributed by atoms with van der Waals surface area (Å²) in [5.41, 5.74) is -0.519. The highest BCUT2D eigenvalue weighted by Crippen LogP contribution is 2.33. The van der Waals surface area contributed by atoms with Crippen molar-refractivity contribution in [1.29, 1.82) is 0 Å². The van der Waals surface area contributed by atoms with E-state index in [1.165, 1.54) is 0 Å². The molecule has 76 valence electrons. The highest BCUT2D eigenvalue weighted by Gasteiger charge is 2.39. The summed E-state index contributed by atoms with van der Waals surface area (Å²) in [6.07, 6.45) is 3.73. The Balaban J connectivity index is 2.58. The molecule has 0 aliphatic heterocycles. The van der Waals surface area contributed by atoms with Crippen molar-refractivity contribution in [2.75, 3.05) is 14.2 Å². The van der Waals surface area contributed by atoms with Crippen molar-refractivity contribution in [3.05, 3.63) is 0 Å². The maximum Gasteiger partial charge on any atom is 0.161 e. The predicted octanol–water partition coefficient (Wildman–Crippen LogP) is 1.55. The summed E-state index contributed by atoms with van der Waals surface area (Å²) in [7, 11) is 3.34. The van der Waals surface area contributed by atoms with Crippen LogP contribution in [-0.2, 0) is 14.3 Å². The van der Waals surface area contributed by atoms with Gasteiger partial charge in [0.2, 0.25) is 0 Å². The molecule has 1 rings (SSSR count). The molecule has 0 atom stereocenters. The number of methoxy groups -OCH3 is 2. The zero-order valence-corrected chi connectivity index (χ0v) is 8.63. The molecule has 0 aromatic carbocycles. The van der Waals surface area contributed by atoms with Crippen molar-refractivity contribution >= 4 is 5.78 Å². The molecule has 1 aliphatic carbocycles. The molecule has 0 unspecified atom stereocenters. The lowest BCUT2D eigenvalue weighted by molar-refractivity contribution is -0.146. The lowest BCUT2D eigenvalue weighted by atomic mass is 9.80. The van der Waals surface area contributed by atoms with E-state index in [0.29, 0.717) is 6.10 Å². The van der Waals surface area contributed by atoms with Gasteiger partial charge in [0.15, 0.2) is 5.78 Å². The molecule has 3 nitrogen and oxygen atoms in total. The summed E-state index contributed by atoms with van der Waals surface area (Å²) >= 11 is 0. The molecule has 1 aliphatic rings. The van der Waals surface area contributed by atoms with E-state index in [1.807, 2.05) is 0 Å². The summed E-state index contributed by atoms with van der Waals surface area (Å²) in [4.78, 5) is 11.4. The van der Waals surface area contributed by atoms with E-state index >= 15 is 0 Å². The summed E-state index contributed by atoms with van der Waals surface area (Å²) in [5, 5.41) is 0. The minimum Gasteiger partial charge on any atom is -0.381 e. The van der Waals surface area contributed by atoms with Gasteiger partial charge in [-0.2, -0.15) is 0 Å². The van der Waals surface area contributed by atoms with Crippen LogP contribution in [0.3, 0.4) is 0 Å². The number of ether oxygens (including phenoxy) is 2. The minimum atomic E-state index is -0.519. The molecular formula is C10H18O3. The van der Waals surface area contributed by atoms with E-state index in [9.17, 15) is 4.79 Å². The third-order valence-corrected chi connectivity index (χ3v) is 3.11. The summed E-state index contributed by atoms with van der Waals surface area (Å²) in [5.74, 6) is 0.143. The van der Waals surface area contributed by atoms with Gasteiger partial charge in [-0.3, -0.25) is 4.79 Å². The van der Waals surface area contributed by atoms with Crippen LogP contribution in [0, 0.1) is 0 Å². The van der Waals surface area contributed by atoms with Gasteiger partial charge < -0.3 is 9.47 Å². The molecule has 0 amide bonds. The van der Waals surface area contributed by atoms with Crippen molar-refractivity contribution in [3.8, 4) is 0 Å². The highest BCUT2D eigenvalue weighted by molar-refractivity contribution is 5.85. The second kappa shape index (κ2) is 4.20. The van der Waals surface area contributed by atoms with Gasteiger partial charge in [0.25, 0.3) is 0 Å². The van der Waals surface area contributed by atoms with E-state index in [2.05, 4.69) is 0 Å². The molecule has 3 heteroatoms. The summed E-state index contributed by atoms with van der Waals surface area (Å²) in [6, 6.07) is 0. The number of carbonyl (C=O) groups is 1. The Hall–Kier alpha value is -0.410. The fourth-order valence-corrected chi connectivity index (χ4v) is 1.99. The molecule has 0 bridgehead atoms. The predicted molar refractivity (Wildman–Crippen MR) is 49.7 cm³/mol. The number of ketones is 1. The standard InChI is InChI=1S/C10H18O3/c1-8(11)10(13-3)6-4-9(12-2)5-7-10/h9H,4-7H2,1-3H3. The third kappa shape index (κ3) is 2.09. The van der Waals surface area contributed by atoms with Crippen molar-refractivity contribution in [3.63, 3.8) is 0 Å². The molecule has 0 aromatic rings. The Kier molecular flexibility index (Phi) is 3.45. The molecule has 0 heterocycles. The fourth-order valence-electron chi connectivity index (χ4n) is 1.99. The Morgan fingerprint density at radius 3 is 2.15 bits per heavy atom. The first-order valence-corrected chi connectivity index (χ1v) is 4.73. The van der Waals surface area contributed by atoms with Crippen molar-refractivity contribution in [1.82, 2.24) is 0 Å². The largest absolute Gasteiger partial charge is 0.381 e. The second-order valence-electron chi connectivity index (χ2n) is 3.69. The van der Waals surface area contributed by atoms with Crippen LogP contribution in [0.1, 0.15) is 32.6 Å². The SMILES string of the molecule is COC1CCC(OC)(C(C)=O)CC1. The van der Waals surface area contributed by atoms with E-state index in [-0.39, 0.29) is 5.78 Å². The van der Waals surface area contributed by atoms with Crippen molar-refractivity contribution < 1.29 is 14.3 Å². The van der Waals surface area contributed by atoms with Gasteiger partial charge in [-0.25, -0.2) is 0 Å². The van der Waals surface area contributed by atoms with Crippen LogP contribution in [0.5, 0.6) is 0 Å². The van der Waals surface area contributed by atoms with Gasteiger partial charge in [-0.05, 0) is 32.6 Å². The van der Waals surface area contributed by atoms with Crippen LogP contribution in [0.25, 0.3) is 0 Å². The highest BCUT2D eigenvalue weighted by atomic mass is 16.5. The maximum absolute atomic E-state index is 11.4. The summed E-state index contributed by atoms with van der Waals surface area (Å²) < 4.78 is 10.6. The molecule has 0 aromatic heterocycles. The van der Waals surface area contributed by atoms with E-state index in [1.54, 1.807) is 21.1 Å². The summed E-state index contributed by atoms with van der Waals surface area (Å²) in [6.45, 7) is 1.61. The number of carbonyl (C=O) groups excluding carboxylic acids is 1. The zero-order valence-electron chi connectivity index (χ0n) is 8.63. The van der Waals surface area contributed by atoms with Gasteiger partial charge in [0.05, 0.1) is 6.10 Å². The van der Waals surface area contributed by atoms with Crippen molar-refractivity contribution in [2.45, 2.75) is 44.3 Å². The first-order chi connectivity index (χ1) is 6.14. The quantitative estimate of drug-likeness (QED) is 0.670. The monoisotopic (exact) mass is 186 g/mol. The van der Waals surface area contributed by atoms with Gasteiger partial charge in [-0.1, -0.05) is 0 Å². The molecule has 1 fully saturated rings. The van der Waals surface area contributed by atoms with Crippen molar-refractivity contribution in [2.24, 2.45) is 0 Å². The lowest BCUT2D eigenvalue weighted by Crippen LogP contribution is -2.44. The van der Waals surface area contributed by atoms with Crippen LogP contribution in [-0.4, -0.2) is 31.7 Å². The molecule has 0 saturated heterocycles. The average Bonchev–Trinajstić information content (AvgIpc) is 2.17. The fraction of sp³-hybridized carbons (Fsp3) is 0.900. The van der Waals surface area contributed by atoms with Gasteiger partial charge >= 0.3 is 0 Å². The Labute approximate surface area is 79.4 Å². The number of rotatable bonds is 3. The van der Waals surface area contributed by atoms with Crippen LogP contribution in [0.4, 0.5) is 0 Å². The molecule has 0 spiro atoms. The van der Waals surface area contributed by atoms with Gasteiger partial charge in [-0.15, -0.1) is 0 Å². The normalized spacial score (nSPS) is 34.5. The van der Waals surface area contributed by atoms with E-state index in [0.717, 1.165) is 25.7 Å². The topological polar surface area (TPSA) is 35.5 Å². The Bertz CT molecular complexity index is 181. The molecular weight excluding hydrogens is 168 g/mol. The van der Waals surface area contributed by atoms with Crippen LogP contribution in [0.15, 0.2) is 0 Å². The van der Waals surface area contributed by atoms with Crippen LogP contribution >= 0.6 is 0 Å². The van der Waals surface area contributed by atoms with E-state index in [4.69, 9.17) is 9.47 Å². The van der Waals surface area contributed by atoms with E-state index < -0.39 is 5.60 Å². The number of Topliss-reactive ketones (excluding diaryl/α,β-unsaturated/α-hetero) is 1. The Morgan fingerprint density at radius 1 is 1.31 bits per heavy atom. The smallest absolute Gasteiger partial charge is 0.161 e. The first-order valence-electron chi connectivity index (χ1n) is 4.73. The van der Waals surface area contributed by atoms with Gasteiger partial charge in [0, 0.05) is 14.2 Å². The third-order valence-electron chi connectivity index (χ3n) is 3.11. The van der Waals surface area contributed by atoms with Crippen LogP contribution < -0.4 is 0 Å². The molecule has 13 heavy (non-hydrogen) atoms.